The second-order valence-corrected chi connectivity index (χ2v) is 10.4. The summed E-state index contributed by atoms with van der Waals surface area (Å²) in [5.74, 6) is -2.04. The van der Waals surface area contributed by atoms with E-state index in [1.165, 1.54) is 96.0 Å². The minimum atomic E-state index is -1.17. The van der Waals surface area contributed by atoms with Crippen molar-refractivity contribution in [2.24, 2.45) is 5.92 Å². The van der Waals surface area contributed by atoms with E-state index in [0.717, 1.165) is 24.8 Å². The third-order valence-electron chi connectivity index (χ3n) is 6.77. The molecule has 0 unspecified atom stereocenters. The maximum Gasteiger partial charge on any atom is 0.336 e. The Balaban J connectivity index is 2.25. The highest BCUT2D eigenvalue weighted by Crippen LogP contribution is 2.25. The van der Waals surface area contributed by atoms with E-state index in [1.807, 2.05) is 19.9 Å². The minimum absolute atomic E-state index is 0.0183. The van der Waals surface area contributed by atoms with Crippen molar-refractivity contribution in [3.8, 4) is 0 Å². The van der Waals surface area contributed by atoms with Gasteiger partial charge in [-0.3, -0.25) is 0 Å². The standard InChI is InChI=1S/C30H50O4/c1-4-5-6-7-8-9-10-11-12-13-14-15-16-17-18-19-20-25-21-22-26(29(31)32)28(30(33)34)27(25)23-24(2)3/h21-22,24H,4-20,23H2,1-3H3,(H,31,32)(H,33,34). The van der Waals surface area contributed by atoms with Gasteiger partial charge in [0.15, 0.2) is 0 Å². The smallest absolute Gasteiger partial charge is 0.336 e. The first-order valence-corrected chi connectivity index (χ1v) is 14.0. The summed E-state index contributed by atoms with van der Waals surface area (Å²) in [5, 5.41) is 19.1. The Morgan fingerprint density at radius 3 is 1.50 bits per heavy atom. The van der Waals surface area contributed by atoms with E-state index in [9.17, 15) is 19.8 Å². The molecule has 1 rings (SSSR count). The Morgan fingerprint density at radius 2 is 1.12 bits per heavy atom. The summed E-state index contributed by atoms with van der Waals surface area (Å²) in [6, 6.07) is 3.30. The second kappa shape index (κ2) is 18.5. The van der Waals surface area contributed by atoms with Gasteiger partial charge in [0.1, 0.15) is 0 Å². The highest BCUT2D eigenvalue weighted by Gasteiger charge is 2.23. The van der Waals surface area contributed by atoms with Gasteiger partial charge in [0, 0.05) is 0 Å². The molecule has 4 heteroatoms. The summed E-state index contributed by atoms with van der Waals surface area (Å²) >= 11 is 0. The molecule has 0 saturated heterocycles. The lowest BCUT2D eigenvalue weighted by atomic mass is 9.88. The van der Waals surface area contributed by atoms with Crippen molar-refractivity contribution in [1.29, 1.82) is 0 Å². The number of aromatic carboxylic acids is 2. The molecule has 0 spiro atoms. The lowest BCUT2D eigenvalue weighted by Gasteiger charge is -2.17. The molecule has 0 aliphatic heterocycles. The molecule has 0 bridgehead atoms. The molecule has 34 heavy (non-hydrogen) atoms. The van der Waals surface area contributed by atoms with Gasteiger partial charge >= 0.3 is 11.9 Å². The molecule has 0 aromatic heterocycles. The van der Waals surface area contributed by atoms with Crippen LogP contribution in [-0.2, 0) is 12.8 Å². The maximum absolute atomic E-state index is 11.8. The Labute approximate surface area is 208 Å². The summed E-state index contributed by atoms with van der Waals surface area (Å²) in [7, 11) is 0. The largest absolute Gasteiger partial charge is 0.478 e. The number of unbranched alkanes of at least 4 members (excludes halogenated alkanes) is 15. The Kier molecular flexibility index (Phi) is 16.4. The summed E-state index contributed by atoms with van der Waals surface area (Å²) < 4.78 is 0. The number of benzene rings is 1. The van der Waals surface area contributed by atoms with Crippen molar-refractivity contribution < 1.29 is 19.8 Å². The zero-order chi connectivity index (χ0) is 25.2. The van der Waals surface area contributed by atoms with Crippen LogP contribution in [0.15, 0.2) is 12.1 Å². The van der Waals surface area contributed by atoms with Crippen molar-refractivity contribution in [3.05, 3.63) is 34.4 Å². The van der Waals surface area contributed by atoms with Crippen LogP contribution in [0.5, 0.6) is 0 Å². The predicted octanol–water partition coefficient (Wildman–Crippen LogP) is 9.09. The van der Waals surface area contributed by atoms with Crippen molar-refractivity contribution in [1.82, 2.24) is 0 Å². The Bertz CT molecular complexity index is 708. The van der Waals surface area contributed by atoms with E-state index in [1.54, 1.807) is 0 Å². The third-order valence-corrected chi connectivity index (χ3v) is 6.77. The van der Waals surface area contributed by atoms with Crippen molar-refractivity contribution >= 4 is 11.9 Å². The Morgan fingerprint density at radius 1 is 0.676 bits per heavy atom. The van der Waals surface area contributed by atoms with Gasteiger partial charge in [0.2, 0.25) is 0 Å². The van der Waals surface area contributed by atoms with Crippen LogP contribution >= 0.6 is 0 Å². The van der Waals surface area contributed by atoms with E-state index in [2.05, 4.69) is 6.92 Å². The molecule has 2 N–H and O–H groups in total. The van der Waals surface area contributed by atoms with Gasteiger partial charge < -0.3 is 10.2 Å². The average molecular weight is 475 g/mol. The van der Waals surface area contributed by atoms with Crippen LogP contribution in [0, 0.1) is 5.92 Å². The molecule has 0 saturated carbocycles. The number of hydrogen-bond donors (Lipinski definition) is 2. The van der Waals surface area contributed by atoms with Gasteiger partial charge in [0.05, 0.1) is 11.1 Å². The fourth-order valence-corrected chi connectivity index (χ4v) is 4.85. The van der Waals surface area contributed by atoms with Gasteiger partial charge in [-0.2, -0.15) is 0 Å². The predicted molar refractivity (Wildman–Crippen MR) is 142 cm³/mol. The van der Waals surface area contributed by atoms with Crippen LogP contribution in [0.2, 0.25) is 0 Å². The van der Waals surface area contributed by atoms with Gasteiger partial charge in [-0.15, -0.1) is 0 Å². The molecular weight excluding hydrogens is 424 g/mol. The van der Waals surface area contributed by atoms with Crippen LogP contribution in [0.1, 0.15) is 155 Å². The first kappa shape index (κ1) is 30.2. The molecule has 194 valence electrons. The van der Waals surface area contributed by atoms with Crippen LogP contribution in [0.25, 0.3) is 0 Å². The molecule has 4 nitrogen and oxygen atoms in total. The van der Waals surface area contributed by atoms with Crippen molar-refractivity contribution in [2.45, 2.75) is 136 Å². The summed E-state index contributed by atoms with van der Waals surface area (Å²) in [6.45, 7) is 6.35. The van der Waals surface area contributed by atoms with E-state index < -0.39 is 11.9 Å². The van der Waals surface area contributed by atoms with Gasteiger partial charge in [-0.05, 0) is 42.4 Å². The van der Waals surface area contributed by atoms with Gasteiger partial charge in [-0.25, -0.2) is 9.59 Å². The molecule has 1 aromatic carbocycles. The normalized spacial score (nSPS) is 11.3. The molecule has 0 atom stereocenters. The average Bonchev–Trinajstić information content (AvgIpc) is 2.78. The Hall–Kier alpha value is -1.84. The number of carboxylic acid groups (broad SMARTS) is 2. The zero-order valence-corrected chi connectivity index (χ0v) is 22.2. The molecule has 0 amide bonds. The lowest BCUT2D eigenvalue weighted by molar-refractivity contribution is 0.0650. The van der Waals surface area contributed by atoms with E-state index in [-0.39, 0.29) is 17.0 Å². The van der Waals surface area contributed by atoms with Gasteiger partial charge in [0.25, 0.3) is 0 Å². The lowest BCUT2D eigenvalue weighted by Crippen LogP contribution is -2.15. The first-order chi connectivity index (χ1) is 16.4. The summed E-state index contributed by atoms with van der Waals surface area (Å²) in [5.41, 5.74) is 1.60. The SMILES string of the molecule is CCCCCCCCCCCCCCCCCCc1ccc(C(=O)O)c(C(=O)O)c1CC(C)C. The molecule has 0 aliphatic rings. The summed E-state index contributed by atoms with van der Waals surface area (Å²) in [6.07, 6.45) is 22.6. The fraction of sp³-hybridized carbons (Fsp3) is 0.733. The fourth-order valence-electron chi connectivity index (χ4n) is 4.85. The molecule has 0 radical (unpaired) electrons. The number of carbonyl (C=O) groups is 2. The molecule has 0 fully saturated rings. The summed E-state index contributed by atoms with van der Waals surface area (Å²) in [4.78, 5) is 23.4. The minimum Gasteiger partial charge on any atom is -0.478 e. The molecule has 0 aliphatic carbocycles. The maximum atomic E-state index is 11.8. The topological polar surface area (TPSA) is 74.6 Å². The number of aryl methyl sites for hydroxylation is 1. The molecular formula is C30H50O4. The highest BCUT2D eigenvalue weighted by molar-refractivity contribution is 6.03. The number of hydrogen-bond acceptors (Lipinski definition) is 2. The van der Waals surface area contributed by atoms with Crippen molar-refractivity contribution in [2.75, 3.05) is 0 Å². The van der Waals surface area contributed by atoms with Crippen LogP contribution in [-0.4, -0.2) is 22.2 Å². The third kappa shape index (κ3) is 12.6. The molecule has 1 aromatic rings. The van der Waals surface area contributed by atoms with Crippen molar-refractivity contribution in [3.63, 3.8) is 0 Å². The van der Waals surface area contributed by atoms with Crippen LogP contribution in [0.4, 0.5) is 0 Å². The van der Waals surface area contributed by atoms with Crippen LogP contribution < -0.4 is 0 Å². The number of rotatable bonds is 21. The quantitative estimate of drug-likeness (QED) is 0.174. The zero-order valence-electron chi connectivity index (χ0n) is 22.2. The van der Waals surface area contributed by atoms with E-state index >= 15 is 0 Å². The van der Waals surface area contributed by atoms with E-state index in [4.69, 9.17) is 0 Å². The number of carboxylic acids is 2. The van der Waals surface area contributed by atoms with Gasteiger partial charge in [-0.1, -0.05) is 123 Å². The van der Waals surface area contributed by atoms with Crippen LogP contribution in [0.3, 0.4) is 0 Å². The molecule has 0 heterocycles. The highest BCUT2D eigenvalue weighted by atomic mass is 16.4. The first-order valence-electron chi connectivity index (χ1n) is 14.0. The second-order valence-electron chi connectivity index (χ2n) is 10.4. The van der Waals surface area contributed by atoms with E-state index in [0.29, 0.717) is 12.0 Å². The monoisotopic (exact) mass is 474 g/mol.